The number of carbonyl (C=O) groups is 1. The summed E-state index contributed by atoms with van der Waals surface area (Å²) in [6.45, 7) is 7.53. The van der Waals surface area contributed by atoms with E-state index in [0.29, 0.717) is 12.3 Å². The van der Waals surface area contributed by atoms with Crippen LogP contribution in [0.25, 0.3) is 0 Å². The topological polar surface area (TPSA) is 20.3 Å². The Morgan fingerprint density at radius 2 is 2.35 bits per heavy atom. The second-order valence-corrected chi connectivity index (χ2v) is 4.78. The lowest BCUT2D eigenvalue weighted by molar-refractivity contribution is -0.127. The number of hydrogen-bond donors (Lipinski definition) is 0. The predicted molar refractivity (Wildman–Crippen MR) is 69.8 cm³/mol. The zero-order chi connectivity index (χ0) is 12.3. The molecule has 1 aliphatic rings. The van der Waals surface area contributed by atoms with Gasteiger partial charge in [-0.3, -0.25) is 4.79 Å². The molecule has 2 heteroatoms. The van der Waals surface area contributed by atoms with Gasteiger partial charge in [0.2, 0.25) is 5.91 Å². The minimum Gasteiger partial charge on any atom is -0.342 e. The van der Waals surface area contributed by atoms with Crippen LogP contribution in [0.4, 0.5) is 0 Å². The van der Waals surface area contributed by atoms with Gasteiger partial charge in [0.25, 0.3) is 0 Å². The highest BCUT2D eigenvalue weighted by Crippen LogP contribution is 2.18. The van der Waals surface area contributed by atoms with Crippen LogP contribution in [-0.4, -0.2) is 23.9 Å². The van der Waals surface area contributed by atoms with E-state index in [1.165, 1.54) is 11.1 Å². The molecule has 17 heavy (non-hydrogen) atoms. The summed E-state index contributed by atoms with van der Waals surface area (Å²) < 4.78 is 0. The highest BCUT2D eigenvalue weighted by molar-refractivity contribution is 5.79. The van der Waals surface area contributed by atoms with E-state index >= 15 is 0 Å². The van der Waals surface area contributed by atoms with Gasteiger partial charge in [-0.05, 0) is 18.9 Å². The summed E-state index contributed by atoms with van der Waals surface area (Å²) in [5, 5.41) is 0. The number of carbonyl (C=O) groups excluding carboxylic acids is 1. The van der Waals surface area contributed by atoms with Gasteiger partial charge in [0.15, 0.2) is 0 Å². The highest BCUT2D eigenvalue weighted by atomic mass is 16.2. The third-order valence-corrected chi connectivity index (χ3v) is 3.33. The third kappa shape index (κ3) is 2.96. The molecule has 90 valence electrons. The smallest absolute Gasteiger partial charge is 0.223 e. The van der Waals surface area contributed by atoms with Crippen LogP contribution in [0.15, 0.2) is 36.9 Å². The Kier molecular flexibility index (Phi) is 3.62. The first-order chi connectivity index (χ1) is 8.19. The van der Waals surface area contributed by atoms with Crippen molar-refractivity contribution in [1.29, 1.82) is 0 Å². The fourth-order valence-corrected chi connectivity index (χ4v) is 2.31. The SMILES string of the molecule is C=CC1CC(=O)N(CCc2cccc(C)c2)C1. The number of aryl methyl sites for hydroxylation is 1. The van der Waals surface area contributed by atoms with Gasteiger partial charge in [-0.2, -0.15) is 0 Å². The molecule has 0 spiro atoms. The van der Waals surface area contributed by atoms with Gasteiger partial charge >= 0.3 is 0 Å². The van der Waals surface area contributed by atoms with Gasteiger partial charge < -0.3 is 4.90 Å². The van der Waals surface area contributed by atoms with E-state index in [4.69, 9.17) is 0 Å². The normalized spacial score (nSPS) is 19.7. The summed E-state index contributed by atoms with van der Waals surface area (Å²) in [6, 6.07) is 8.48. The second kappa shape index (κ2) is 5.17. The van der Waals surface area contributed by atoms with Crippen LogP contribution >= 0.6 is 0 Å². The van der Waals surface area contributed by atoms with Gasteiger partial charge in [-0.25, -0.2) is 0 Å². The summed E-state index contributed by atoms with van der Waals surface area (Å²) in [5.74, 6) is 0.613. The molecule has 2 nitrogen and oxygen atoms in total. The van der Waals surface area contributed by atoms with Crippen molar-refractivity contribution in [2.24, 2.45) is 5.92 Å². The molecule has 1 saturated heterocycles. The maximum Gasteiger partial charge on any atom is 0.223 e. The molecule has 1 unspecified atom stereocenters. The Morgan fingerprint density at radius 1 is 1.53 bits per heavy atom. The third-order valence-electron chi connectivity index (χ3n) is 3.33. The summed E-state index contributed by atoms with van der Waals surface area (Å²) in [7, 11) is 0. The maximum atomic E-state index is 11.7. The Balaban J connectivity index is 1.90. The summed E-state index contributed by atoms with van der Waals surface area (Å²) >= 11 is 0. The van der Waals surface area contributed by atoms with Gasteiger partial charge in [0.1, 0.15) is 0 Å². The van der Waals surface area contributed by atoms with Crippen LogP contribution in [0, 0.1) is 12.8 Å². The number of benzene rings is 1. The first-order valence-electron chi connectivity index (χ1n) is 6.15. The van der Waals surface area contributed by atoms with Gasteiger partial charge in [-0.15, -0.1) is 6.58 Å². The molecular formula is C15H19NO. The quantitative estimate of drug-likeness (QED) is 0.727. The molecule has 0 aromatic heterocycles. The fraction of sp³-hybridized carbons (Fsp3) is 0.400. The zero-order valence-corrected chi connectivity index (χ0v) is 10.4. The van der Waals surface area contributed by atoms with Crippen LogP contribution < -0.4 is 0 Å². The predicted octanol–water partition coefficient (Wildman–Crippen LogP) is 2.57. The molecule has 2 rings (SSSR count). The summed E-state index contributed by atoms with van der Waals surface area (Å²) in [6.07, 6.45) is 3.47. The van der Waals surface area contributed by atoms with Crippen molar-refractivity contribution in [3.05, 3.63) is 48.0 Å². The second-order valence-electron chi connectivity index (χ2n) is 4.78. The molecule has 1 heterocycles. The Bertz CT molecular complexity index is 425. The van der Waals surface area contributed by atoms with E-state index in [0.717, 1.165) is 19.5 Å². The van der Waals surface area contributed by atoms with Crippen molar-refractivity contribution in [2.75, 3.05) is 13.1 Å². The molecule has 0 aliphatic carbocycles. The monoisotopic (exact) mass is 229 g/mol. The molecule has 0 N–H and O–H groups in total. The number of likely N-dealkylation sites (tertiary alicyclic amines) is 1. The van der Waals surface area contributed by atoms with Gasteiger partial charge in [-0.1, -0.05) is 35.9 Å². The van der Waals surface area contributed by atoms with Crippen molar-refractivity contribution in [3.8, 4) is 0 Å². The van der Waals surface area contributed by atoms with E-state index in [1.54, 1.807) is 0 Å². The van der Waals surface area contributed by atoms with Crippen molar-refractivity contribution >= 4 is 5.91 Å². The molecule has 1 aliphatic heterocycles. The van der Waals surface area contributed by atoms with Crippen LogP contribution in [0.3, 0.4) is 0 Å². The molecule has 1 amide bonds. The number of amides is 1. The van der Waals surface area contributed by atoms with E-state index in [9.17, 15) is 4.79 Å². The minimum absolute atomic E-state index is 0.266. The lowest BCUT2D eigenvalue weighted by Crippen LogP contribution is -2.27. The number of rotatable bonds is 4. The van der Waals surface area contributed by atoms with Crippen molar-refractivity contribution in [1.82, 2.24) is 4.90 Å². The molecular weight excluding hydrogens is 210 g/mol. The average molecular weight is 229 g/mol. The highest BCUT2D eigenvalue weighted by Gasteiger charge is 2.26. The average Bonchev–Trinajstić information content (AvgIpc) is 2.68. The summed E-state index contributed by atoms with van der Waals surface area (Å²) in [4.78, 5) is 13.7. The molecule has 0 saturated carbocycles. The molecule has 1 atom stereocenters. The first-order valence-corrected chi connectivity index (χ1v) is 6.15. The molecule has 0 bridgehead atoms. The standard InChI is InChI=1S/C15H19NO/c1-3-13-10-15(17)16(11-13)8-7-14-6-4-5-12(2)9-14/h3-6,9,13H,1,7-8,10-11H2,2H3. The van der Waals surface area contributed by atoms with Gasteiger partial charge in [0, 0.05) is 25.4 Å². The van der Waals surface area contributed by atoms with Crippen molar-refractivity contribution < 1.29 is 4.79 Å². The van der Waals surface area contributed by atoms with Crippen LogP contribution in [0.2, 0.25) is 0 Å². The van der Waals surface area contributed by atoms with E-state index < -0.39 is 0 Å². The van der Waals surface area contributed by atoms with Crippen molar-refractivity contribution in [3.63, 3.8) is 0 Å². The Morgan fingerprint density at radius 3 is 3.00 bits per heavy atom. The fourth-order valence-electron chi connectivity index (χ4n) is 2.31. The van der Waals surface area contributed by atoms with Crippen LogP contribution in [-0.2, 0) is 11.2 Å². The maximum absolute atomic E-state index is 11.7. The number of nitrogens with zero attached hydrogens (tertiary/aromatic N) is 1. The van der Waals surface area contributed by atoms with Crippen LogP contribution in [0.1, 0.15) is 17.5 Å². The lowest BCUT2D eigenvalue weighted by atomic mass is 10.1. The van der Waals surface area contributed by atoms with E-state index in [1.807, 2.05) is 11.0 Å². The molecule has 0 radical (unpaired) electrons. The Hall–Kier alpha value is -1.57. The molecule has 1 fully saturated rings. The lowest BCUT2D eigenvalue weighted by Gasteiger charge is -2.16. The van der Waals surface area contributed by atoms with Crippen LogP contribution in [0.5, 0.6) is 0 Å². The Labute approximate surface area is 103 Å². The number of hydrogen-bond acceptors (Lipinski definition) is 1. The minimum atomic E-state index is 0.266. The zero-order valence-electron chi connectivity index (χ0n) is 10.4. The molecule has 1 aromatic carbocycles. The van der Waals surface area contributed by atoms with E-state index in [2.05, 4.69) is 37.8 Å². The van der Waals surface area contributed by atoms with Gasteiger partial charge in [0.05, 0.1) is 0 Å². The summed E-state index contributed by atoms with van der Waals surface area (Å²) in [5.41, 5.74) is 2.58. The van der Waals surface area contributed by atoms with Crippen molar-refractivity contribution in [2.45, 2.75) is 19.8 Å². The van der Waals surface area contributed by atoms with E-state index in [-0.39, 0.29) is 5.91 Å². The largest absolute Gasteiger partial charge is 0.342 e. The molecule has 1 aromatic rings. The first kappa shape index (κ1) is 11.9.